The molecule has 5 rings (SSSR count). The molecule has 174 valence electrons. The fourth-order valence-electron chi connectivity index (χ4n) is 4.58. The minimum atomic E-state index is 0.0359. The van der Waals surface area contributed by atoms with Crippen LogP contribution in [0, 0.1) is 6.92 Å². The lowest BCUT2D eigenvalue weighted by molar-refractivity contribution is -0.121. The first kappa shape index (κ1) is 22.1. The van der Waals surface area contributed by atoms with Gasteiger partial charge in [-0.1, -0.05) is 24.3 Å². The maximum Gasteiger partial charge on any atom is 0.239 e. The van der Waals surface area contributed by atoms with Crippen LogP contribution in [0.1, 0.15) is 18.4 Å². The summed E-state index contributed by atoms with van der Waals surface area (Å²) in [5.74, 6) is 0.589. The van der Waals surface area contributed by atoms with Gasteiger partial charge in [-0.25, -0.2) is 9.97 Å². The second kappa shape index (κ2) is 10.1. The SMILES string of the molecule is Cc1cccc(Nc2nccc(-c3cccc4c3ccn4CC(=O)NCCN3CCCC3)n2)c1. The predicted octanol–water partition coefficient (Wildman–Crippen LogP) is 4.36. The highest BCUT2D eigenvalue weighted by Gasteiger charge is 2.13. The van der Waals surface area contributed by atoms with E-state index in [-0.39, 0.29) is 5.91 Å². The molecular weight excluding hydrogens is 424 g/mol. The normalized spacial score (nSPS) is 13.9. The Morgan fingerprint density at radius 3 is 2.76 bits per heavy atom. The number of benzene rings is 2. The molecule has 0 aliphatic carbocycles. The van der Waals surface area contributed by atoms with Crippen molar-refractivity contribution >= 4 is 28.4 Å². The molecule has 1 aliphatic heterocycles. The molecule has 7 nitrogen and oxygen atoms in total. The minimum Gasteiger partial charge on any atom is -0.353 e. The number of carbonyl (C=O) groups is 1. The lowest BCUT2D eigenvalue weighted by Crippen LogP contribution is -2.35. The molecule has 0 atom stereocenters. The van der Waals surface area contributed by atoms with E-state index in [4.69, 9.17) is 4.98 Å². The Morgan fingerprint density at radius 1 is 1.06 bits per heavy atom. The van der Waals surface area contributed by atoms with Gasteiger partial charge < -0.3 is 20.1 Å². The van der Waals surface area contributed by atoms with Crippen LogP contribution in [0.25, 0.3) is 22.2 Å². The monoisotopic (exact) mass is 454 g/mol. The number of likely N-dealkylation sites (tertiary alicyclic amines) is 1. The van der Waals surface area contributed by atoms with E-state index in [0.29, 0.717) is 19.0 Å². The minimum absolute atomic E-state index is 0.0359. The number of rotatable bonds is 8. The average molecular weight is 455 g/mol. The standard InChI is InChI=1S/C27H30N6O/c1-20-6-4-7-21(18-20)30-27-29-12-10-24(31-27)22-8-5-9-25-23(22)11-16-33(25)19-26(34)28-13-17-32-14-2-3-15-32/h4-12,16,18H,2-3,13-15,17,19H2,1H3,(H,28,34)(H,29,30,31). The zero-order valence-electron chi connectivity index (χ0n) is 19.5. The molecule has 2 N–H and O–H groups in total. The number of fused-ring (bicyclic) bond motifs is 1. The molecule has 4 aromatic rings. The van der Waals surface area contributed by atoms with Crippen LogP contribution >= 0.6 is 0 Å². The van der Waals surface area contributed by atoms with E-state index in [1.807, 2.05) is 41.1 Å². The van der Waals surface area contributed by atoms with Gasteiger partial charge in [0, 0.05) is 47.6 Å². The molecule has 3 heterocycles. The summed E-state index contributed by atoms with van der Waals surface area (Å²) in [5.41, 5.74) is 4.99. The first-order valence-corrected chi connectivity index (χ1v) is 11.9. The number of hydrogen-bond acceptors (Lipinski definition) is 5. The molecule has 0 spiro atoms. The smallest absolute Gasteiger partial charge is 0.239 e. The third-order valence-corrected chi connectivity index (χ3v) is 6.28. The Morgan fingerprint density at radius 2 is 1.91 bits per heavy atom. The zero-order valence-corrected chi connectivity index (χ0v) is 19.5. The van der Waals surface area contributed by atoms with Crippen LogP contribution in [0.3, 0.4) is 0 Å². The van der Waals surface area contributed by atoms with E-state index in [0.717, 1.165) is 47.5 Å². The molecule has 0 saturated carbocycles. The maximum absolute atomic E-state index is 12.5. The first-order valence-electron chi connectivity index (χ1n) is 11.9. The van der Waals surface area contributed by atoms with Crippen molar-refractivity contribution in [3.05, 3.63) is 72.6 Å². The molecule has 2 aromatic heterocycles. The van der Waals surface area contributed by atoms with E-state index in [2.05, 4.69) is 51.7 Å². The molecule has 34 heavy (non-hydrogen) atoms. The molecule has 0 unspecified atom stereocenters. The van der Waals surface area contributed by atoms with Crippen LogP contribution in [0.2, 0.25) is 0 Å². The number of carbonyl (C=O) groups excluding carboxylic acids is 1. The van der Waals surface area contributed by atoms with Gasteiger partial charge in [0.25, 0.3) is 0 Å². The number of aromatic nitrogens is 3. The van der Waals surface area contributed by atoms with Crippen molar-refractivity contribution in [2.45, 2.75) is 26.3 Å². The van der Waals surface area contributed by atoms with Gasteiger partial charge in [-0.2, -0.15) is 0 Å². The van der Waals surface area contributed by atoms with Crippen molar-refractivity contribution in [1.82, 2.24) is 24.8 Å². The fraction of sp³-hybridized carbons (Fsp3) is 0.296. The lowest BCUT2D eigenvalue weighted by Gasteiger charge is -2.15. The average Bonchev–Trinajstić information content (AvgIpc) is 3.50. The highest BCUT2D eigenvalue weighted by Crippen LogP contribution is 2.29. The summed E-state index contributed by atoms with van der Waals surface area (Å²) in [4.78, 5) is 24.1. The van der Waals surface area contributed by atoms with Crippen molar-refractivity contribution in [2.24, 2.45) is 0 Å². The van der Waals surface area contributed by atoms with Gasteiger partial charge in [0.1, 0.15) is 6.54 Å². The highest BCUT2D eigenvalue weighted by atomic mass is 16.1. The summed E-state index contributed by atoms with van der Waals surface area (Å²) >= 11 is 0. The third-order valence-electron chi connectivity index (χ3n) is 6.28. The molecule has 0 bridgehead atoms. The Hall–Kier alpha value is -3.71. The number of nitrogens with one attached hydrogen (secondary N) is 2. The van der Waals surface area contributed by atoms with Gasteiger partial charge in [0.15, 0.2) is 0 Å². The van der Waals surface area contributed by atoms with E-state index >= 15 is 0 Å². The quantitative estimate of drug-likeness (QED) is 0.414. The van der Waals surface area contributed by atoms with Gasteiger partial charge >= 0.3 is 0 Å². The number of hydrogen-bond donors (Lipinski definition) is 2. The van der Waals surface area contributed by atoms with E-state index < -0.39 is 0 Å². The fourth-order valence-corrected chi connectivity index (χ4v) is 4.58. The van der Waals surface area contributed by atoms with E-state index in [1.165, 1.54) is 18.4 Å². The second-order valence-electron chi connectivity index (χ2n) is 8.84. The third kappa shape index (κ3) is 5.10. The Labute approximate surface area is 199 Å². The summed E-state index contributed by atoms with van der Waals surface area (Å²) in [6.07, 6.45) is 6.27. The molecule has 1 aliphatic rings. The lowest BCUT2D eigenvalue weighted by atomic mass is 10.1. The van der Waals surface area contributed by atoms with Crippen molar-refractivity contribution in [1.29, 1.82) is 0 Å². The summed E-state index contributed by atoms with van der Waals surface area (Å²) in [6, 6.07) is 18.2. The Kier molecular flexibility index (Phi) is 6.53. The maximum atomic E-state index is 12.5. The van der Waals surface area contributed by atoms with Gasteiger partial charge in [0.05, 0.1) is 5.69 Å². The molecule has 2 aromatic carbocycles. The Bertz CT molecular complexity index is 1290. The van der Waals surface area contributed by atoms with Crippen LogP contribution < -0.4 is 10.6 Å². The molecule has 1 saturated heterocycles. The van der Waals surface area contributed by atoms with Crippen LogP contribution in [0.5, 0.6) is 0 Å². The van der Waals surface area contributed by atoms with Crippen LogP contribution in [-0.2, 0) is 11.3 Å². The predicted molar refractivity (Wildman–Crippen MR) is 136 cm³/mol. The molecule has 0 radical (unpaired) electrons. The van der Waals surface area contributed by atoms with Crippen LogP contribution in [0.15, 0.2) is 67.0 Å². The Balaban J connectivity index is 1.31. The zero-order chi connectivity index (χ0) is 23.3. The van der Waals surface area contributed by atoms with Crippen LogP contribution in [0.4, 0.5) is 11.6 Å². The van der Waals surface area contributed by atoms with Gasteiger partial charge in [0.2, 0.25) is 11.9 Å². The summed E-state index contributed by atoms with van der Waals surface area (Å²) in [6.45, 7) is 6.27. The van der Waals surface area contributed by atoms with Crippen LogP contribution in [-0.4, -0.2) is 51.5 Å². The molecule has 7 heteroatoms. The van der Waals surface area contributed by atoms with Gasteiger partial charge in [-0.15, -0.1) is 0 Å². The number of anilines is 2. The van der Waals surface area contributed by atoms with Gasteiger partial charge in [-0.3, -0.25) is 4.79 Å². The summed E-state index contributed by atoms with van der Waals surface area (Å²) < 4.78 is 2.00. The molecule has 1 fully saturated rings. The summed E-state index contributed by atoms with van der Waals surface area (Å²) in [7, 11) is 0. The van der Waals surface area contributed by atoms with Gasteiger partial charge in [-0.05, 0) is 68.8 Å². The van der Waals surface area contributed by atoms with E-state index in [9.17, 15) is 4.79 Å². The summed E-state index contributed by atoms with van der Waals surface area (Å²) in [5, 5.41) is 7.42. The number of amides is 1. The number of nitrogens with zero attached hydrogens (tertiary/aromatic N) is 4. The van der Waals surface area contributed by atoms with Crippen molar-refractivity contribution < 1.29 is 4.79 Å². The topological polar surface area (TPSA) is 75.1 Å². The first-order chi connectivity index (χ1) is 16.7. The second-order valence-corrected chi connectivity index (χ2v) is 8.84. The molecular formula is C27H30N6O. The van der Waals surface area contributed by atoms with Crippen molar-refractivity contribution in [3.63, 3.8) is 0 Å². The van der Waals surface area contributed by atoms with E-state index in [1.54, 1.807) is 6.20 Å². The number of aryl methyl sites for hydroxylation is 1. The van der Waals surface area contributed by atoms with Crippen molar-refractivity contribution in [3.8, 4) is 11.3 Å². The van der Waals surface area contributed by atoms with Crippen molar-refractivity contribution in [2.75, 3.05) is 31.5 Å². The molecule has 1 amide bonds. The highest BCUT2D eigenvalue weighted by molar-refractivity contribution is 5.95. The largest absolute Gasteiger partial charge is 0.353 e.